The van der Waals surface area contributed by atoms with Crippen molar-refractivity contribution < 1.29 is 9.53 Å². The molecule has 1 amide bonds. The molecule has 6 heteroatoms. The third-order valence-corrected chi connectivity index (χ3v) is 4.77. The van der Waals surface area contributed by atoms with Crippen molar-refractivity contribution in [2.75, 3.05) is 13.2 Å². The van der Waals surface area contributed by atoms with Crippen molar-refractivity contribution in [3.8, 4) is 0 Å². The first-order chi connectivity index (χ1) is 10.2. The topological polar surface area (TPSA) is 82.2 Å². The van der Waals surface area contributed by atoms with Crippen LogP contribution in [-0.2, 0) is 23.0 Å². The minimum absolute atomic E-state index is 0.0383. The van der Waals surface area contributed by atoms with Crippen molar-refractivity contribution in [2.45, 2.75) is 44.2 Å². The van der Waals surface area contributed by atoms with E-state index in [1.165, 1.54) is 5.69 Å². The summed E-state index contributed by atoms with van der Waals surface area (Å²) in [6.07, 6.45) is 6.69. The number of aryl methyl sites for hydroxylation is 1. The Morgan fingerprint density at radius 3 is 3.00 bits per heavy atom. The average Bonchev–Trinajstić information content (AvgIpc) is 2.90. The van der Waals surface area contributed by atoms with E-state index in [0.29, 0.717) is 13.2 Å². The van der Waals surface area contributed by atoms with Gasteiger partial charge in [-0.3, -0.25) is 9.48 Å². The number of carbonyl (C=O) groups is 1. The predicted octanol–water partition coefficient (Wildman–Crippen LogP) is 0.668. The minimum Gasteiger partial charge on any atom is -0.381 e. The van der Waals surface area contributed by atoms with Gasteiger partial charge in [-0.05, 0) is 38.0 Å². The normalized spacial score (nSPS) is 24.4. The number of fused-ring (bicyclic) bond motifs is 1. The first kappa shape index (κ1) is 14.5. The molecule has 1 fully saturated rings. The molecule has 116 valence electrons. The molecule has 1 aromatic heterocycles. The third-order valence-electron chi connectivity index (χ3n) is 4.77. The van der Waals surface area contributed by atoms with Crippen molar-refractivity contribution in [2.24, 2.45) is 18.7 Å². The summed E-state index contributed by atoms with van der Waals surface area (Å²) in [6, 6.07) is -0.378. The second kappa shape index (κ2) is 6.15. The number of hydrogen-bond donors (Lipinski definition) is 2. The smallest absolute Gasteiger partial charge is 0.237 e. The molecular weight excluding hydrogens is 268 g/mol. The van der Waals surface area contributed by atoms with E-state index in [2.05, 4.69) is 10.4 Å². The lowest BCUT2D eigenvalue weighted by molar-refractivity contribution is -0.125. The number of hydrogen-bond acceptors (Lipinski definition) is 4. The van der Waals surface area contributed by atoms with Crippen molar-refractivity contribution >= 4 is 5.91 Å². The third kappa shape index (κ3) is 2.96. The summed E-state index contributed by atoms with van der Waals surface area (Å²) in [5, 5.41) is 7.44. The highest BCUT2D eigenvalue weighted by molar-refractivity contribution is 5.82. The minimum atomic E-state index is -0.434. The lowest BCUT2D eigenvalue weighted by Gasteiger charge is -2.29. The van der Waals surface area contributed by atoms with Gasteiger partial charge in [-0.25, -0.2) is 0 Å². The second-order valence-electron chi connectivity index (χ2n) is 6.10. The summed E-state index contributed by atoms with van der Waals surface area (Å²) < 4.78 is 7.24. The molecule has 1 saturated heterocycles. The van der Waals surface area contributed by atoms with Crippen LogP contribution in [0.2, 0.25) is 0 Å². The maximum atomic E-state index is 12.4. The molecule has 21 heavy (non-hydrogen) atoms. The van der Waals surface area contributed by atoms with E-state index >= 15 is 0 Å². The second-order valence-corrected chi connectivity index (χ2v) is 6.10. The van der Waals surface area contributed by atoms with Gasteiger partial charge >= 0.3 is 0 Å². The lowest BCUT2D eigenvalue weighted by atomic mass is 9.90. The molecule has 0 spiro atoms. The highest BCUT2D eigenvalue weighted by Gasteiger charge is 2.30. The van der Waals surface area contributed by atoms with E-state index in [9.17, 15) is 4.79 Å². The van der Waals surface area contributed by atoms with Gasteiger partial charge in [0.2, 0.25) is 5.91 Å². The zero-order valence-electron chi connectivity index (χ0n) is 12.5. The van der Waals surface area contributed by atoms with Crippen LogP contribution in [0.15, 0.2) is 6.20 Å². The molecule has 3 N–H and O–H groups in total. The Morgan fingerprint density at radius 2 is 2.24 bits per heavy atom. The van der Waals surface area contributed by atoms with Crippen LogP contribution in [0.3, 0.4) is 0 Å². The van der Waals surface area contributed by atoms with Gasteiger partial charge in [0.1, 0.15) is 0 Å². The van der Waals surface area contributed by atoms with Gasteiger partial charge in [0.25, 0.3) is 0 Å². The Kier molecular flexibility index (Phi) is 4.26. The van der Waals surface area contributed by atoms with Gasteiger partial charge in [0.05, 0.1) is 18.3 Å². The summed E-state index contributed by atoms with van der Waals surface area (Å²) in [5.41, 5.74) is 8.52. The fourth-order valence-corrected chi connectivity index (χ4v) is 3.41. The number of carbonyl (C=O) groups excluding carboxylic acids is 1. The fraction of sp³-hybridized carbons (Fsp3) is 0.733. The van der Waals surface area contributed by atoms with E-state index in [1.807, 2.05) is 17.9 Å². The Hall–Kier alpha value is -1.40. The van der Waals surface area contributed by atoms with E-state index < -0.39 is 6.04 Å². The molecule has 6 nitrogen and oxygen atoms in total. The summed E-state index contributed by atoms with van der Waals surface area (Å²) in [6.45, 7) is 1.42. The highest BCUT2D eigenvalue weighted by Crippen LogP contribution is 2.29. The van der Waals surface area contributed by atoms with E-state index in [4.69, 9.17) is 10.5 Å². The van der Waals surface area contributed by atoms with Crippen molar-refractivity contribution in [1.29, 1.82) is 0 Å². The standard InChI is InChI=1S/C15H24N4O2/c1-19-13-4-2-3-12(11(13)9-17-19)18-15(20)14(16)10-5-7-21-8-6-10/h9-10,12,14H,2-8,16H2,1H3,(H,18,20). The Labute approximate surface area is 125 Å². The number of nitrogens with two attached hydrogens (primary N) is 1. The molecule has 2 aliphatic rings. The van der Waals surface area contributed by atoms with Gasteiger partial charge in [-0.1, -0.05) is 0 Å². The number of nitrogens with one attached hydrogen (secondary N) is 1. The van der Waals surface area contributed by atoms with Gasteiger partial charge in [-0.2, -0.15) is 5.10 Å². The molecule has 0 aromatic carbocycles. The number of ether oxygens (including phenoxy) is 1. The molecule has 2 atom stereocenters. The molecule has 1 aromatic rings. The number of amides is 1. The van der Waals surface area contributed by atoms with Crippen LogP contribution < -0.4 is 11.1 Å². The van der Waals surface area contributed by atoms with Crippen LogP contribution in [0.1, 0.15) is 43.0 Å². The average molecular weight is 292 g/mol. The van der Waals surface area contributed by atoms with Crippen LogP contribution in [0.5, 0.6) is 0 Å². The zero-order chi connectivity index (χ0) is 14.8. The number of nitrogens with zero attached hydrogens (tertiary/aromatic N) is 2. The Morgan fingerprint density at radius 1 is 1.48 bits per heavy atom. The molecule has 0 radical (unpaired) electrons. The van der Waals surface area contributed by atoms with Crippen molar-refractivity contribution in [3.05, 3.63) is 17.5 Å². The van der Waals surface area contributed by atoms with E-state index in [0.717, 1.165) is 37.7 Å². The summed E-state index contributed by atoms with van der Waals surface area (Å²) in [5.74, 6) is 0.194. The first-order valence-corrected chi connectivity index (χ1v) is 7.81. The van der Waals surface area contributed by atoms with Crippen LogP contribution in [-0.4, -0.2) is 34.9 Å². The Bertz CT molecular complexity index is 508. The SMILES string of the molecule is Cn1ncc2c1CCCC2NC(=O)C(N)C1CCOCC1. The summed E-state index contributed by atoms with van der Waals surface area (Å²) >= 11 is 0. The monoisotopic (exact) mass is 292 g/mol. The van der Waals surface area contributed by atoms with E-state index in [1.54, 1.807) is 0 Å². The molecule has 0 saturated carbocycles. The maximum Gasteiger partial charge on any atom is 0.237 e. The molecule has 2 heterocycles. The van der Waals surface area contributed by atoms with Crippen LogP contribution >= 0.6 is 0 Å². The van der Waals surface area contributed by atoms with Crippen LogP contribution in [0, 0.1) is 5.92 Å². The number of aromatic nitrogens is 2. The largest absolute Gasteiger partial charge is 0.381 e. The maximum absolute atomic E-state index is 12.4. The highest BCUT2D eigenvalue weighted by atomic mass is 16.5. The quantitative estimate of drug-likeness (QED) is 0.858. The molecule has 0 bridgehead atoms. The number of rotatable bonds is 3. The predicted molar refractivity (Wildman–Crippen MR) is 78.5 cm³/mol. The van der Waals surface area contributed by atoms with Gasteiger partial charge < -0.3 is 15.8 Å². The van der Waals surface area contributed by atoms with Gasteiger partial charge in [-0.15, -0.1) is 0 Å². The summed E-state index contributed by atoms with van der Waals surface area (Å²) in [7, 11) is 1.96. The molecule has 2 unspecified atom stereocenters. The Balaban J connectivity index is 1.65. The lowest BCUT2D eigenvalue weighted by Crippen LogP contribution is -2.48. The first-order valence-electron chi connectivity index (χ1n) is 7.81. The fourth-order valence-electron chi connectivity index (χ4n) is 3.41. The van der Waals surface area contributed by atoms with Crippen molar-refractivity contribution in [3.63, 3.8) is 0 Å². The van der Waals surface area contributed by atoms with Crippen LogP contribution in [0.25, 0.3) is 0 Å². The summed E-state index contributed by atoms with van der Waals surface area (Å²) in [4.78, 5) is 12.4. The zero-order valence-corrected chi connectivity index (χ0v) is 12.5. The van der Waals surface area contributed by atoms with E-state index in [-0.39, 0.29) is 17.9 Å². The molecular formula is C15H24N4O2. The van der Waals surface area contributed by atoms with Crippen LogP contribution in [0.4, 0.5) is 0 Å². The molecule has 3 rings (SSSR count). The molecule has 1 aliphatic heterocycles. The van der Waals surface area contributed by atoms with Crippen molar-refractivity contribution in [1.82, 2.24) is 15.1 Å². The van der Waals surface area contributed by atoms with Gasteiger partial charge in [0, 0.05) is 31.5 Å². The molecule has 1 aliphatic carbocycles. The van der Waals surface area contributed by atoms with Gasteiger partial charge in [0.15, 0.2) is 0 Å².